The molecule has 0 bridgehead atoms. The molecule has 2 aromatic carbocycles. The van der Waals surface area contributed by atoms with E-state index in [4.69, 9.17) is 7.85 Å². The quantitative estimate of drug-likeness (QED) is 0.728. The third kappa shape index (κ3) is 2.04. The second-order valence-electron chi connectivity index (χ2n) is 3.41. The summed E-state index contributed by atoms with van der Waals surface area (Å²) in [5.74, 6) is 0.263. The van der Waals surface area contributed by atoms with E-state index in [1.54, 1.807) is 6.07 Å². The highest BCUT2D eigenvalue weighted by atomic mass is 16.3. The normalized spacial score (nSPS) is 10.1. The molecular formula is C13H11BO. The standard InChI is InChI=1S/C13H11BO/c14-9-12-7-6-11(8-13(12)15)10-4-2-1-3-5-10/h1-8,15H,9H2. The lowest BCUT2D eigenvalue weighted by Gasteiger charge is -2.05. The molecule has 0 unspecified atom stereocenters. The smallest absolute Gasteiger partial charge is 0.118 e. The van der Waals surface area contributed by atoms with Crippen molar-refractivity contribution in [2.45, 2.75) is 6.32 Å². The number of phenols is 1. The topological polar surface area (TPSA) is 20.2 Å². The summed E-state index contributed by atoms with van der Waals surface area (Å²) in [5.41, 5.74) is 2.87. The number of phenolic OH excluding ortho intramolecular Hbond substituents is 1. The van der Waals surface area contributed by atoms with Crippen molar-refractivity contribution in [2.75, 3.05) is 0 Å². The zero-order valence-electron chi connectivity index (χ0n) is 8.35. The van der Waals surface area contributed by atoms with E-state index in [-0.39, 0.29) is 5.75 Å². The summed E-state index contributed by atoms with van der Waals surface area (Å²) in [4.78, 5) is 0. The minimum atomic E-state index is 0.263. The second kappa shape index (κ2) is 4.22. The van der Waals surface area contributed by atoms with Crippen LogP contribution in [-0.4, -0.2) is 13.0 Å². The molecule has 0 aromatic heterocycles. The van der Waals surface area contributed by atoms with Gasteiger partial charge in [-0.1, -0.05) is 48.8 Å². The molecule has 0 saturated heterocycles. The predicted molar refractivity (Wildman–Crippen MR) is 63.0 cm³/mol. The van der Waals surface area contributed by atoms with Crippen LogP contribution in [0.3, 0.4) is 0 Å². The number of hydrogen-bond donors (Lipinski definition) is 1. The summed E-state index contributed by atoms with van der Waals surface area (Å²) in [6.07, 6.45) is 0.362. The van der Waals surface area contributed by atoms with Crippen molar-refractivity contribution in [1.82, 2.24) is 0 Å². The highest BCUT2D eigenvalue weighted by molar-refractivity contribution is 6.08. The van der Waals surface area contributed by atoms with E-state index in [9.17, 15) is 5.11 Å². The Balaban J connectivity index is 2.43. The number of hydrogen-bond acceptors (Lipinski definition) is 1. The van der Waals surface area contributed by atoms with E-state index >= 15 is 0 Å². The summed E-state index contributed by atoms with van der Waals surface area (Å²) in [6, 6.07) is 15.5. The molecule has 0 aliphatic heterocycles. The Morgan fingerprint density at radius 1 is 0.933 bits per heavy atom. The van der Waals surface area contributed by atoms with Gasteiger partial charge >= 0.3 is 0 Å². The maximum Gasteiger partial charge on any atom is 0.118 e. The van der Waals surface area contributed by atoms with Crippen LogP contribution in [0.4, 0.5) is 0 Å². The molecule has 1 nitrogen and oxygen atoms in total. The van der Waals surface area contributed by atoms with Gasteiger partial charge in [-0.25, -0.2) is 0 Å². The Hall–Kier alpha value is -1.70. The molecule has 0 heterocycles. The minimum absolute atomic E-state index is 0.263. The van der Waals surface area contributed by atoms with Gasteiger partial charge in [-0.05, 0) is 22.8 Å². The van der Waals surface area contributed by atoms with Crippen LogP contribution < -0.4 is 0 Å². The van der Waals surface area contributed by atoms with Crippen LogP contribution in [0, 0.1) is 0 Å². The first-order valence-corrected chi connectivity index (χ1v) is 4.88. The SMILES string of the molecule is [B]Cc1ccc(-c2ccccc2)cc1O. The van der Waals surface area contributed by atoms with Gasteiger partial charge in [0.1, 0.15) is 5.75 Å². The highest BCUT2D eigenvalue weighted by Crippen LogP contribution is 2.26. The Morgan fingerprint density at radius 2 is 1.67 bits per heavy atom. The van der Waals surface area contributed by atoms with Crippen molar-refractivity contribution in [3.8, 4) is 16.9 Å². The fraction of sp³-hybridized carbons (Fsp3) is 0.0769. The second-order valence-corrected chi connectivity index (χ2v) is 3.41. The summed E-state index contributed by atoms with van der Waals surface area (Å²) >= 11 is 0. The number of aromatic hydroxyl groups is 1. The Morgan fingerprint density at radius 3 is 2.27 bits per heavy atom. The van der Waals surface area contributed by atoms with Gasteiger partial charge in [0.05, 0.1) is 7.85 Å². The molecule has 0 spiro atoms. The predicted octanol–water partition coefficient (Wildman–Crippen LogP) is 2.73. The van der Waals surface area contributed by atoms with Crippen LogP contribution in [0.25, 0.3) is 11.1 Å². The molecule has 2 aromatic rings. The van der Waals surface area contributed by atoms with E-state index in [0.29, 0.717) is 6.32 Å². The first-order valence-electron chi connectivity index (χ1n) is 4.88. The van der Waals surface area contributed by atoms with Gasteiger partial charge < -0.3 is 5.11 Å². The molecule has 0 atom stereocenters. The van der Waals surface area contributed by atoms with E-state index in [1.807, 2.05) is 42.5 Å². The van der Waals surface area contributed by atoms with Crippen molar-refractivity contribution in [1.29, 1.82) is 0 Å². The molecule has 1 N–H and O–H groups in total. The van der Waals surface area contributed by atoms with Crippen LogP contribution in [0.5, 0.6) is 5.75 Å². The molecule has 0 amide bonds. The van der Waals surface area contributed by atoms with Crippen molar-refractivity contribution in [2.24, 2.45) is 0 Å². The van der Waals surface area contributed by atoms with Gasteiger partial charge in [-0.3, -0.25) is 0 Å². The van der Waals surface area contributed by atoms with Crippen LogP contribution in [0.2, 0.25) is 0 Å². The van der Waals surface area contributed by atoms with Gasteiger partial charge in [0.15, 0.2) is 0 Å². The maximum absolute atomic E-state index is 9.67. The highest BCUT2D eigenvalue weighted by Gasteiger charge is 2.01. The van der Waals surface area contributed by atoms with Crippen molar-refractivity contribution < 1.29 is 5.11 Å². The van der Waals surface area contributed by atoms with Gasteiger partial charge in [-0.2, -0.15) is 0 Å². The molecule has 0 aliphatic carbocycles. The van der Waals surface area contributed by atoms with E-state index < -0.39 is 0 Å². The van der Waals surface area contributed by atoms with E-state index in [0.717, 1.165) is 16.7 Å². The molecule has 0 saturated carbocycles. The fourth-order valence-electron chi connectivity index (χ4n) is 1.55. The maximum atomic E-state index is 9.67. The van der Waals surface area contributed by atoms with Crippen LogP contribution >= 0.6 is 0 Å². The van der Waals surface area contributed by atoms with E-state index in [2.05, 4.69) is 0 Å². The van der Waals surface area contributed by atoms with Crippen LogP contribution in [0.1, 0.15) is 5.56 Å². The summed E-state index contributed by atoms with van der Waals surface area (Å²) in [6.45, 7) is 0. The van der Waals surface area contributed by atoms with Crippen molar-refractivity contribution >= 4 is 7.85 Å². The Kier molecular flexibility index (Phi) is 2.77. The van der Waals surface area contributed by atoms with Crippen LogP contribution in [-0.2, 0) is 6.32 Å². The van der Waals surface area contributed by atoms with Gasteiger partial charge in [0.25, 0.3) is 0 Å². The van der Waals surface area contributed by atoms with Gasteiger partial charge in [0.2, 0.25) is 0 Å². The lowest BCUT2D eigenvalue weighted by Crippen LogP contribution is -1.85. The lowest BCUT2D eigenvalue weighted by atomic mass is 9.94. The fourth-order valence-corrected chi connectivity index (χ4v) is 1.55. The third-order valence-corrected chi connectivity index (χ3v) is 2.41. The Bertz CT molecular complexity index is 451. The largest absolute Gasteiger partial charge is 0.508 e. The Labute approximate surface area is 90.8 Å². The first-order chi connectivity index (χ1) is 7.31. The molecule has 15 heavy (non-hydrogen) atoms. The molecular weight excluding hydrogens is 183 g/mol. The van der Waals surface area contributed by atoms with Gasteiger partial charge in [-0.15, -0.1) is 0 Å². The zero-order valence-corrected chi connectivity index (χ0v) is 8.35. The molecule has 0 aliphatic rings. The average Bonchev–Trinajstić information content (AvgIpc) is 2.30. The lowest BCUT2D eigenvalue weighted by molar-refractivity contribution is 0.471. The zero-order chi connectivity index (χ0) is 10.7. The first kappa shape index (κ1) is 9.84. The third-order valence-electron chi connectivity index (χ3n) is 2.41. The number of benzene rings is 2. The molecule has 72 valence electrons. The summed E-state index contributed by atoms with van der Waals surface area (Å²) in [5, 5.41) is 9.67. The molecule has 2 radical (unpaired) electrons. The average molecular weight is 194 g/mol. The molecule has 2 rings (SSSR count). The van der Waals surface area contributed by atoms with Crippen molar-refractivity contribution in [3.05, 3.63) is 54.1 Å². The molecule has 2 heteroatoms. The number of rotatable bonds is 2. The summed E-state index contributed by atoms with van der Waals surface area (Å²) in [7, 11) is 5.48. The monoisotopic (exact) mass is 194 g/mol. The van der Waals surface area contributed by atoms with Crippen LogP contribution in [0.15, 0.2) is 48.5 Å². The summed E-state index contributed by atoms with van der Waals surface area (Å²) < 4.78 is 0. The van der Waals surface area contributed by atoms with Crippen molar-refractivity contribution in [3.63, 3.8) is 0 Å². The van der Waals surface area contributed by atoms with Gasteiger partial charge in [0, 0.05) is 0 Å². The molecule has 0 fully saturated rings. The minimum Gasteiger partial charge on any atom is -0.508 e. The van der Waals surface area contributed by atoms with E-state index in [1.165, 1.54) is 0 Å².